The Morgan fingerprint density at radius 2 is 2.18 bits per heavy atom. The number of ether oxygens (including phenoxy) is 3. The van der Waals surface area contributed by atoms with Gasteiger partial charge in [0.1, 0.15) is 5.57 Å². The summed E-state index contributed by atoms with van der Waals surface area (Å²) < 4.78 is 15.8. The van der Waals surface area contributed by atoms with Crippen LogP contribution in [0.4, 0.5) is 0 Å². The summed E-state index contributed by atoms with van der Waals surface area (Å²) in [6.07, 6.45) is 5.13. The van der Waals surface area contributed by atoms with Crippen LogP contribution in [0.25, 0.3) is 0 Å². The lowest BCUT2D eigenvalue weighted by molar-refractivity contribution is -0.140. The Morgan fingerprint density at radius 1 is 1.36 bits per heavy atom. The van der Waals surface area contributed by atoms with Crippen molar-refractivity contribution in [3.63, 3.8) is 0 Å². The second-order valence-corrected chi connectivity index (χ2v) is 6.69. The summed E-state index contributed by atoms with van der Waals surface area (Å²) in [6.45, 7) is 2.41. The lowest BCUT2D eigenvalue weighted by Gasteiger charge is -2.27. The number of carbonyl (C=O) groups excluding carboxylic acids is 2. The lowest BCUT2D eigenvalue weighted by atomic mass is 9.88. The van der Waals surface area contributed by atoms with Gasteiger partial charge in [0, 0.05) is 17.3 Å². The third kappa shape index (κ3) is 3.41. The first-order valence-electron chi connectivity index (χ1n) is 8.79. The van der Waals surface area contributed by atoms with Crippen molar-refractivity contribution in [3.8, 4) is 11.5 Å². The Labute approximate surface area is 166 Å². The average Bonchev–Trinajstić information content (AvgIpc) is 3.13. The molecule has 1 unspecified atom stereocenters. The number of amides is 1. The molecule has 0 aromatic heterocycles. The van der Waals surface area contributed by atoms with Crippen LogP contribution in [-0.2, 0) is 20.9 Å². The van der Waals surface area contributed by atoms with E-state index in [1.807, 2.05) is 18.2 Å². The van der Waals surface area contributed by atoms with Crippen molar-refractivity contribution in [3.05, 3.63) is 58.3 Å². The molecule has 0 radical (unpaired) electrons. The minimum absolute atomic E-state index is 0.0904. The van der Waals surface area contributed by atoms with E-state index in [9.17, 15) is 9.59 Å². The molecule has 0 spiro atoms. The van der Waals surface area contributed by atoms with Crippen LogP contribution in [0.3, 0.4) is 0 Å². The van der Waals surface area contributed by atoms with Crippen LogP contribution in [0.15, 0.2) is 57.7 Å². The van der Waals surface area contributed by atoms with E-state index in [1.54, 1.807) is 25.2 Å². The van der Waals surface area contributed by atoms with Crippen LogP contribution < -0.4 is 14.8 Å². The number of nitrogens with one attached hydrogen (secondary N) is 1. The van der Waals surface area contributed by atoms with Gasteiger partial charge in [-0.1, -0.05) is 23.7 Å². The largest absolute Gasteiger partial charge is 0.462 e. The predicted molar refractivity (Wildman–Crippen MR) is 102 cm³/mol. The number of aliphatic imine (C=N–C) groups is 1. The van der Waals surface area contributed by atoms with Gasteiger partial charge in [-0.3, -0.25) is 4.79 Å². The Bertz CT molecular complexity index is 977. The third-order valence-electron chi connectivity index (χ3n) is 4.48. The molecule has 1 atom stereocenters. The van der Waals surface area contributed by atoms with E-state index >= 15 is 0 Å². The van der Waals surface area contributed by atoms with Crippen LogP contribution in [0.1, 0.15) is 12.5 Å². The highest BCUT2D eigenvalue weighted by Crippen LogP contribution is 2.33. The summed E-state index contributed by atoms with van der Waals surface area (Å²) in [7, 11) is 0. The van der Waals surface area contributed by atoms with E-state index in [1.165, 1.54) is 0 Å². The summed E-state index contributed by atoms with van der Waals surface area (Å²) >= 11 is 6.04. The normalized spacial score (nSPS) is 19.8. The molecule has 3 aliphatic rings. The maximum atomic E-state index is 12.5. The van der Waals surface area contributed by atoms with Gasteiger partial charge < -0.3 is 19.5 Å². The van der Waals surface area contributed by atoms with Gasteiger partial charge in [0.2, 0.25) is 6.79 Å². The van der Waals surface area contributed by atoms with Gasteiger partial charge in [-0.15, -0.1) is 0 Å². The molecule has 0 saturated heterocycles. The zero-order valence-electron chi connectivity index (χ0n) is 15.0. The standard InChI is InChI=1S/C20H17ClN2O5/c1-2-26-20(25)17-18(13-5-4-12(21)8-14(13)23-19(17)24)22-9-11-3-6-15-16(7-11)28-10-27-15/h3-8,13,22H,2,9-10H2,1H3. The number of allylic oxidation sites excluding steroid dienone is 4. The zero-order chi connectivity index (χ0) is 19.7. The highest BCUT2D eigenvalue weighted by Gasteiger charge is 2.35. The molecular weight excluding hydrogens is 384 g/mol. The topological polar surface area (TPSA) is 86.2 Å². The number of nitrogens with zero attached hydrogens (tertiary/aromatic N) is 1. The van der Waals surface area contributed by atoms with Gasteiger partial charge in [0.25, 0.3) is 5.91 Å². The predicted octanol–water partition coefficient (Wildman–Crippen LogP) is 2.61. The maximum absolute atomic E-state index is 12.5. The number of halogens is 1. The summed E-state index contributed by atoms with van der Waals surface area (Å²) in [5.41, 5.74) is 1.75. The highest BCUT2D eigenvalue weighted by molar-refractivity contribution is 6.34. The minimum Gasteiger partial charge on any atom is -0.462 e. The number of dihydropyridines is 1. The van der Waals surface area contributed by atoms with E-state index in [0.717, 1.165) is 5.56 Å². The molecule has 0 saturated carbocycles. The van der Waals surface area contributed by atoms with Crippen LogP contribution in [0.5, 0.6) is 11.5 Å². The molecule has 1 aliphatic carbocycles. The molecule has 1 N–H and O–H groups in total. The van der Waals surface area contributed by atoms with E-state index in [-0.39, 0.29) is 24.9 Å². The Kier molecular flexibility index (Phi) is 4.92. The molecule has 1 aromatic rings. The highest BCUT2D eigenvalue weighted by atomic mass is 35.5. The number of carbonyl (C=O) groups is 2. The maximum Gasteiger partial charge on any atom is 0.345 e. The first-order chi connectivity index (χ1) is 13.6. The Hall–Kier alpha value is -3.06. The average molecular weight is 401 g/mol. The molecule has 144 valence electrons. The Morgan fingerprint density at radius 3 is 3.00 bits per heavy atom. The van der Waals surface area contributed by atoms with Gasteiger partial charge in [-0.2, -0.15) is 0 Å². The molecule has 0 bridgehead atoms. The summed E-state index contributed by atoms with van der Waals surface area (Å²) in [6, 6.07) is 5.56. The lowest BCUT2D eigenvalue weighted by Crippen LogP contribution is -2.35. The van der Waals surface area contributed by atoms with Crippen LogP contribution >= 0.6 is 11.6 Å². The van der Waals surface area contributed by atoms with Gasteiger partial charge in [0.15, 0.2) is 11.5 Å². The molecule has 4 rings (SSSR count). The van der Waals surface area contributed by atoms with Crippen LogP contribution in [-0.4, -0.2) is 31.0 Å². The van der Waals surface area contributed by atoms with Crippen LogP contribution in [0, 0.1) is 5.92 Å². The van der Waals surface area contributed by atoms with Crippen molar-refractivity contribution in [1.29, 1.82) is 0 Å². The number of rotatable bonds is 5. The number of benzene rings is 1. The summed E-state index contributed by atoms with van der Waals surface area (Å²) in [5, 5.41) is 3.69. The first kappa shape index (κ1) is 18.3. The molecule has 28 heavy (non-hydrogen) atoms. The zero-order valence-corrected chi connectivity index (χ0v) is 15.8. The molecule has 7 nitrogen and oxygen atoms in total. The number of fused-ring (bicyclic) bond motifs is 2. The van der Waals surface area contributed by atoms with Crippen molar-refractivity contribution in [2.75, 3.05) is 13.4 Å². The monoisotopic (exact) mass is 400 g/mol. The van der Waals surface area contributed by atoms with E-state index in [0.29, 0.717) is 34.5 Å². The molecule has 1 aromatic carbocycles. The first-order valence-corrected chi connectivity index (χ1v) is 9.16. The second kappa shape index (κ2) is 7.52. The molecule has 2 aliphatic heterocycles. The van der Waals surface area contributed by atoms with Gasteiger partial charge in [-0.05, 0) is 36.8 Å². The SMILES string of the molecule is CCOC(=O)C1=C(NCc2ccc3c(c2)OCO3)C2C=CC(Cl)=CC2=NC1=O. The van der Waals surface area contributed by atoms with Crippen molar-refractivity contribution in [1.82, 2.24) is 5.32 Å². The molecule has 0 fully saturated rings. The number of hydrogen-bond acceptors (Lipinski definition) is 6. The van der Waals surface area contributed by atoms with Crippen molar-refractivity contribution in [2.24, 2.45) is 10.9 Å². The summed E-state index contributed by atoms with van der Waals surface area (Å²) in [5.74, 6) is -0.374. The van der Waals surface area contributed by atoms with Crippen molar-refractivity contribution >= 4 is 29.2 Å². The van der Waals surface area contributed by atoms with Crippen LogP contribution in [0.2, 0.25) is 0 Å². The van der Waals surface area contributed by atoms with Gasteiger partial charge in [-0.25, -0.2) is 9.79 Å². The van der Waals surface area contributed by atoms with Crippen molar-refractivity contribution < 1.29 is 23.8 Å². The smallest absolute Gasteiger partial charge is 0.345 e. The van der Waals surface area contributed by atoms with E-state index in [4.69, 9.17) is 25.8 Å². The fourth-order valence-electron chi connectivity index (χ4n) is 3.20. The number of hydrogen-bond donors (Lipinski definition) is 1. The Balaban J connectivity index is 1.65. The summed E-state index contributed by atoms with van der Waals surface area (Å²) in [4.78, 5) is 29.0. The second-order valence-electron chi connectivity index (χ2n) is 6.26. The molecular formula is C20H17ClN2O5. The minimum atomic E-state index is -0.697. The number of esters is 1. The molecule has 1 amide bonds. The fourth-order valence-corrected chi connectivity index (χ4v) is 3.39. The van der Waals surface area contributed by atoms with E-state index < -0.39 is 11.9 Å². The van der Waals surface area contributed by atoms with Gasteiger partial charge in [0.05, 0.1) is 18.2 Å². The fraction of sp³-hybridized carbons (Fsp3) is 0.250. The van der Waals surface area contributed by atoms with Gasteiger partial charge >= 0.3 is 5.97 Å². The third-order valence-corrected chi connectivity index (χ3v) is 4.71. The molecule has 2 heterocycles. The van der Waals surface area contributed by atoms with Crippen molar-refractivity contribution in [2.45, 2.75) is 13.5 Å². The van der Waals surface area contributed by atoms with E-state index in [2.05, 4.69) is 10.3 Å². The quantitative estimate of drug-likeness (QED) is 0.604. The molecule has 8 heteroatoms.